The van der Waals surface area contributed by atoms with E-state index in [2.05, 4.69) is 5.32 Å². The molecule has 1 N–H and O–H groups in total. The minimum atomic E-state index is -0.387. The summed E-state index contributed by atoms with van der Waals surface area (Å²) in [4.78, 5) is 27.8. The van der Waals surface area contributed by atoms with Gasteiger partial charge in [0.2, 0.25) is 0 Å². The van der Waals surface area contributed by atoms with Gasteiger partial charge in [-0.1, -0.05) is 6.07 Å². The van der Waals surface area contributed by atoms with Crippen LogP contribution in [-0.4, -0.2) is 81.7 Å². The fourth-order valence-electron chi connectivity index (χ4n) is 4.05. The minimum Gasteiger partial charge on any atom is -0.497 e. The number of methoxy groups -OCH3 is 4. The molecule has 1 aliphatic rings. The molecule has 0 aliphatic carbocycles. The van der Waals surface area contributed by atoms with Crippen LogP contribution in [0.3, 0.4) is 0 Å². The lowest BCUT2D eigenvalue weighted by atomic mass is 9.98. The Balaban J connectivity index is 1.94. The molecule has 3 amide bonds. The van der Waals surface area contributed by atoms with E-state index in [-0.39, 0.29) is 37.1 Å². The molecule has 1 heterocycles. The number of ether oxygens (including phenoxy) is 4. The van der Waals surface area contributed by atoms with Crippen LogP contribution in [0.5, 0.6) is 17.2 Å². The fraction of sp³-hybridized carbons (Fsp3) is 0.444. The Morgan fingerprint density at radius 2 is 1.73 bits per heavy atom. The summed E-state index contributed by atoms with van der Waals surface area (Å²) in [5.41, 5.74) is 2.48. The zero-order chi connectivity index (χ0) is 26.9. The smallest absolute Gasteiger partial charge is 0.318 e. The summed E-state index contributed by atoms with van der Waals surface area (Å²) in [5.74, 6) is 1.58. The molecule has 0 radical (unpaired) electrons. The predicted octanol–water partition coefficient (Wildman–Crippen LogP) is 3.46. The molecule has 0 saturated heterocycles. The monoisotopic (exact) mass is 512 g/mol. The average Bonchev–Trinajstić information content (AvgIpc) is 3.35. The van der Waals surface area contributed by atoms with Gasteiger partial charge in [-0.3, -0.25) is 4.79 Å². The van der Waals surface area contributed by atoms with Crippen LogP contribution in [0.2, 0.25) is 0 Å². The maximum atomic E-state index is 13.6. The van der Waals surface area contributed by atoms with Crippen LogP contribution in [0, 0.1) is 0 Å². The molecule has 1 atom stereocenters. The molecule has 2 aromatic rings. The molecular weight excluding hydrogens is 476 g/mol. The highest BCUT2D eigenvalue weighted by atomic mass is 16.5. The van der Waals surface area contributed by atoms with Crippen molar-refractivity contribution >= 4 is 17.6 Å². The van der Waals surface area contributed by atoms with Crippen molar-refractivity contribution in [3.63, 3.8) is 0 Å². The van der Waals surface area contributed by atoms with Gasteiger partial charge in [-0.25, -0.2) is 9.80 Å². The van der Waals surface area contributed by atoms with Crippen LogP contribution in [0.4, 0.5) is 4.79 Å². The average molecular weight is 513 g/mol. The zero-order valence-corrected chi connectivity index (χ0v) is 22.3. The number of urea groups is 1. The molecule has 37 heavy (non-hydrogen) atoms. The van der Waals surface area contributed by atoms with Crippen molar-refractivity contribution in [3.05, 3.63) is 53.6 Å². The second kappa shape index (κ2) is 13.0. The summed E-state index contributed by atoms with van der Waals surface area (Å²) in [6, 6.07) is 12.3. The molecule has 1 aliphatic heterocycles. The number of amides is 3. The molecule has 10 heteroatoms. The number of nitrogens with one attached hydrogen (secondary N) is 1. The number of carbonyl (C=O) groups is 2. The highest BCUT2D eigenvalue weighted by Gasteiger charge is 2.35. The quantitative estimate of drug-likeness (QED) is 0.495. The molecule has 0 spiro atoms. The third-order valence-corrected chi connectivity index (χ3v) is 5.97. The molecule has 0 saturated carbocycles. The Labute approximate surface area is 218 Å². The molecule has 10 nitrogen and oxygen atoms in total. The number of carbonyl (C=O) groups excluding carboxylic acids is 2. The summed E-state index contributed by atoms with van der Waals surface area (Å²) in [7, 11) is 6.31. The maximum absolute atomic E-state index is 13.6. The van der Waals surface area contributed by atoms with Crippen LogP contribution < -0.4 is 19.5 Å². The van der Waals surface area contributed by atoms with Gasteiger partial charge in [0.1, 0.15) is 12.3 Å². The lowest BCUT2D eigenvalue weighted by molar-refractivity contribution is -0.133. The van der Waals surface area contributed by atoms with Crippen LogP contribution >= 0.6 is 0 Å². The third kappa shape index (κ3) is 6.91. The largest absolute Gasteiger partial charge is 0.497 e. The first kappa shape index (κ1) is 27.8. The van der Waals surface area contributed by atoms with Crippen molar-refractivity contribution < 1.29 is 28.5 Å². The lowest BCUT2D eigenvalue weighted by Crippen LogP contribution is -2.48. The summed E-state index contributed by atoms with van der Waals surface area (Å²) in [5, 5.41) is 9.03. The van der Waals surface area contributed by atoms with Crippen molar-refractivity contribution in [2.45, 2.75) is 32.4 Å². The standard InChI is InChI=1S/C27H36N4O6/c1-18(2)28-27(33)30(13-14-34-3)17-26(32)31-23(20-9-12-24(36-5)25(15-20)37-6)16-22(29-31)19-7-10-21(35-4)11-8-19/h7-12,15,18,23H,13-14,16-17H2,1-6H3,(H,28,33). The molecule has 0 fully saturated rings. The molecule has 3 rings (SSSR count). The maximum Gasteiger partial charge on any atom is 0.318 e. The lowest BCUT2D eigenvalue weighted by Gasteiger charge is -2.28. The number of nitrogens with zero attached hydrogens (tertiary/aromatic N) is 3. The number of hydrogen-bond acceptors (Lipinski definition) is 7. The molecule has 0 bridgehead atoms. The third-order valence-electron chi connectivity index (χ3n) is 5.97. The van der Waals surface area contributed by atoms with Crippen LogP contribution in [0.25, 0.3) is 0 Å². The normalized spacial score (nSPS) is 14.8. The topological polar surface area (TPSA) is 102 Å². The van der Waals surface area contributed by atoms with Crippen LogP contribution in [-0.2, 0) is 9.53 Å². The van der Waals surface area contributed by atoms with E-state index in [9.17, 15) is 9.59 Å². The first-order valence-electron chi connectivity index (χ1n) is 12.1. The number of hydrogen-bond donors (Lipinski definition) is 1. The molecular formula is C27H36N4O6. The van der Waals surface area contributed by atoms with Gasteiger partial charge in [0.25, 0.3) is 5.91 Å². The number of hydrazone groups is 1. The zero-order valence-electron chi connectivity index (χ0n) is 22.3. The van der Waals surface area contributed by atoms with E-state index >= 15 is 0 Å². The first-order chi connectivity index (χ1) is 17.8. The SMILES string of the molecule is COCCN(CC(=O)N1N=C(c2ccc(OC)cc2)CC1c1ccc(OC)c(OC)c1)C(=O)NC(C)C. The van der Waals surface area contributed by atoms with Crippen molar-refractivity contribution in [2.24, 2.45) is 5.10 Å². The summed E-state index contributed by atoms with van der Waals surface area (Å²) < 4.78 is 21.3. The van der Waals surface area contributed by atoms with E-state index in [4.69, 9.17) is 24.0 Å². The number of rotatable bonds is 11. The van der Waals surface area contributed by atoms with E-state index in [0.29, 0.717) is 24.5 Å². The summed E-state index contributed by atoms with van der Waals surface area (Å²) in [6.07, 6.45) is 0.490. The van der Waals surface area contributed by atoms with E-state index in [1.807, 2.05) is 56.3 Å². The van der Waals surface area contributed by atoms with Gasteiger partial charge in [-0.2, -0.15) is 5.10 Å². The van der Waals surface area contributed by atoms with Gasteiger partial charge in [0.15, 0.2) is 11.5 Å². The second-order valence-corrected chi connectivity index (χ2v) is 8.87. The predicted molar refractivity (Wildman–Crippen MR) is 140 cm³/mol. The van der Waals surface area contributed by atoms with Gasteiger partial charge in [-0.15, -0.1) is 0 Å². The van der Waals surface area contributed by atoms with E-state index in [0.717, 1.165) is 22.6 Å². The Morgan fingerprint density at radius 1 is 1.03 bits per heavy atom. The first-order valence-corrected chi connectivity index (χ1v) is 12.1. The molecule has 0 aromatic heterocycles. The van der Waals surface area contributed by atoms with Gasteiger partial charge in [-0.05, 0) is 61.4 Å². The van der Waals surface area contributed by atoms with Crippen molar-refractivity contribution in [3.8, 4) is 17.2 Å². The van der Waals surface area contributed by atoms with Crippen molar-refractivity contribution in [2.75, 3.05) is 48.1 Å². The Kier molecular flexibility index (Phi) is 9.73. The minimum absolute atomic E-state index is 0.0707. The van der Waals surface area contributed by atoms with E-state index in [1.54, 1.807) is 28.4 Å². The van der Waals surface area contributed by atoms with Crippen LogP contribution in [0.15, 0.2) is 47.6 Å². The Bertz CT molecular complexity index is 1100. The highest BCUT2D eigenvalue weighted by molar-refractivity contribution is 6.03. The second-order valence-electron chi connectivity index (χ2n) is 8.87. The van der Waals surface area contributed by atoms with Crippen LogP contribution in [0.1, 0.15) is 37.4 Å². The van der Waals surface area contributed by atoms with Crippen molar-refractivity contribution in [1.82, 2.24) is 15.2 Å². The summed E-state index contributed by atoms with van der Waals surface area (Å²) >= 11 is 0. The van der Waals surface area contributed by atoms with E-state index in [1.165, 1.54) is 9.91 Å². The highest BCUT2D eigenvalue weighted by Crippen LogP contribution is 2.37. The van der Waals surface area contributed by atoms with Crippen molar-refractivity contribution in [1.29, 1.82) is 0 Å². The van der Waals surface area contributed by atoms with Gasteiger partial charge in [0, 0.05) is 26.1 Å². The van der Waals surface area contributed by atoms with E-state index < -0.39 is 0 Å². The van der Waals surface area contributed by atoms with Gasteiger partial charge >= 0.3 is 6.03 Å². The Hall–Kier alpha value is -3.79. The fourth-order valence-corrected chi connectivity index (χ4v) is 4.05. The molecule has 2 aromatic carbocycles. The van der Waals surface area contributed by atoms with Gasteiger partial charge < -0.3 is 29.2 Å². The van der Waals surface area contributed by atoms with Gasteiger partial charge in [0.05, 0.1) is 39.7 Å². The Morgan fingerprint density at radius 3 is 2.32 bits per heavy atom. The summed E-state index contributed by atoms with van der Waals surface area (Å²) in [6.45, 7) is 4.16. The molecule has 200 valence electrons. The number of benzene rings is 2. The molecule has 1 unspecified atom stereocenters.